The van der Waals surface area contributed by atoms with Crippen molar-refractivity contribution in [2.75, 3.05) is 0 Å². The summed E-state index contributed by atoms with van der Waals surface area (Å²) in [6.07, 6.45) is 0. The molecule has 0 amide bonds. The predicted octanol–water partition coefficient (Wildman–Crippen LogP) is 6.53. The van der Waals surface area contributed by atoms with Crippen molar-refractivity contribution in [1.29, 1.82) is 0 Å². The van der Waals surface area contributed by atoms with Gasteiger partial charge in [0.2, 0.25) is 0 Å². The van der Waals surface area contributed by atoms with Crippen LogP contribution in [0.5, 0.6) is 11.5 Å². The van der Waals surface area contributed by atoms with Crippen LogP contribution in [0.15, 0.2) is 54.3 Å². The minimum Gasteiger partial charge on any atom is -0.456 e. The van der Waals surface area contributed by atoms with E-state index in [9.17, 15) is 0 Å². The molecule has 0 aromatic heterocycles. The number of hydrogen-bond acceptors (Lipinski definition) is 1. The van der Waals surface area contributed by atoms with Gasteiger partial charge in [-0.05, 0) is 52.3 Å². The van der Waals surface area contributed by atoms with E-state index in [0.717, 1.165) is 29.4 Å². The Morgan fingerprint density at radius 1 is 0.706 bits per heavy atom. The Hall–Kier alpha value is 0.160. The molecule has 0 bridgehead atoms. The molecule has 0 aliphatic rings. The normalized spacial score (nSPS) is 10.4. The molecule has 0 aliphatic carbocycles. The highest BCUT2D eigenvalue weighted by atomic mass is 79.9. The number of hydrogen-bond donors (Lipinski definition) is 0. The van der Waals surface area contributed by atoms with E-state index >= 15 is 0 Å². The number of rotatable bonds is 2. The maximum atomic E-state index is 5.81. The lowest BCUT2D eigenvalue weighted by Gasteiger charge is -2.09. The Morgan fingerprint density at radius 2 is 1.35 bits per heavy atom. The first-order valence-electron chi connectivity index (χ1n) is 4.63. The van der Waals surface area contributed by atoms with E-state index in [0.29, 0.717) is 0 Å². The van der Waals surface area contributed by atoms with Gasteiger partial charge in [0.25, 0.3) is 0 Å². The molecule has 0 N–H and O–H groups in total. The van der Waals surface area contributed by atoms with Gasteiger partial charge in [0.1, 0.15) is 11.5 Å². The van der Waals surface area contributed by atoms with Crippen LogP contribution in [-0.2, 0) is 0 Å². The molecule has 0 radical (unpaired) electrons. The Kier molecular flexibility index (Phi) is 4.69. The number of ether oxygens (including phenoxy) is 1. The van der Waals surface area contributed by atoms with Crippen LogP contribution in [0.4, 0.5) is 0 Å². The molecule has 88 valence electrons. The lowest BCUT2D eigenvalue weighted by Crippen LogP contribution is -1.86. The minimum absolute atomic E-state index is 0.768. The van der Waals surface area contributed by atoms with E-state index in [1.807, 2.05) is 36.4 Å². The van der Waals surface area contributed by atoms with Gasteiger partial charge in [-0.25, -0.2) is 0 Å². The molecule has 2 rings (SSSR count). The third kappa shape index (κ3) is 3.81. The van der Waals surface area contributed by atoms with E-state index < -0.39 is 0 Å². The highest BCUT2D eigenvalue weighted by Crippen LogP contribution is 2.34. The number of halogens is 4. The standard InChI is InChI=1S/C12H6Br4O/c13-7-1-2-11(16)12(6-7)17-10-4-8(14)3-9(15)5-10/h1-6H. The smallest absolute Gasteiger partial charge is 0.142 e. The van der Waals surface area contributed by atoms with E-state index in [1.165, 1.54) is 0 Å². The molecule has 0 fully saturated rings. The van der Waals surface area contributed by atoms with Crippen molar-refractivity contribution < 1.29 is 4.74 Å². The van der Waals surface area contributed by atoms with Gasteiger partial charge in [-0.3, -0.25) is 0 Å². The van der Waals surface area contributed by atoms with Crippen LogP contribution in [0.25, 0.3) is 0 Å². The van der Waals surface area contributed by atoms with E-state index in [4.69, 9.17) is 4.74 Å². The minimum atomic E-state index is 0.768. The third-order valence-electron chi connectivity index (χ3n) is 1.96. The summed E-state index contributed by atoms with van der Waals surface area (Å²) in [5.74, 6) is 1.54. The molecule has 1 nitrogen and oxygen atoms in total. The second-order valence-corrected chi connectivity index (χ2v) is 6.88. The van der Waals surface area contributed by atoms with Crippen molar-refractivity contribution in [3.8, 4) is 11.5 Å². The van der Waals surface area contributed by atoms with Crippen LogP contribution < -0.4 is 4.74 Å². The first-order valence-corrected chi connectivity index (χ1v) is 7.81. The van der Waals surface area contributed by atoms with Crippen LogP contribution in [0.1, 0.15) is 0 Å². The van der Waals surface area contributed by atoms with Crippen LogP contribution in [0.3, 0.4) is 0 Å². The summed E-state index contributed by atoms with van der Waals surface area (Å²) in [6.45, 7) is 0. The summed E-state index contributed by atoms with van der Waals surface area (Å²) in [4.78, 5) is 0. The monoisotopic (exact) mass is 482 g/mol. The molecule has 2 aromatic rings. The Morgan fingerprint density at radius 3 is 2.00 bits per heavy atom. The van der Waals surface area contributed by atoms with Crippen molar-refractivity contribution in [2.45, 2.75) is 0 Å². The SMILES string of the molecule is Brc1cc(Br)cc(Oc2cc(Br)ccc2Br)c1. The fraction of sp³-hybridized carbons (Fsp3) is 0. The fourth-order valence-electron chi connectivity index (χ4n) is 1.27. The van der Waals surface area contributed by atoms with Gasteiger partial charge in [0, 0.05) is 13.4 Å². The molecule has 17 heavy (non-hydrogen) atoms. The zero-order valence-corrected chi connectivity index (χ0v) is 14.7. The summed E-state index contributed by atoms with van der Waals surface area (Å²) >= 11 is 13.7. The van der Waals surface area contributed by atoms with Gasteiger partial charge in [-0.1, -0.05) is 47.8 Å². The van der Waals surface area contributed by atoms with Crippen molar-refractivity contribution in [3.05, 3.63) is 54.3 Å². The lowest BCUT2D eigenvalue weighted by atomic mass is 10.3. The van der Waals surface area contributed by atoms with E-state index in [-0.39, 0.29) is 0 Å². The second kappa shape index (κ2) is 5.87. The largest absolute Gasteiger partial charge is 0.456 e. The van der Waals surface area contributed by atoms with Crippen molar-refractivity contribution in [2.24, 2.45) is 0 Å². The van der Waals surface area contributed by atoms with Crippen molar-refractivity contribution >= 4 is 63.7 Å². The average Bonchev–Trinajstić information content (AvgIpc) is 2.22. The maximum Gasteiger partial charge on any atom is 0.142 e. The third-order valence-corrected chi connectivity index (χ3v) is 4.02. The Bertz CT molecular complexity index is 534. The van der Waals surface area contributed by atoms with Crippen LogP contribution in [-0.4, -0.2) is 0 Å². The van der Waals surface area contributed by atoms with E-state index in [2.05, 4.69) is 63.7 Å². The number of benzene rings is 2. The zero-order valence-electron chi connectivity index (χ0n) is 8.38. The van der Waals surface area contributed by atoms with Crippen LogP contribution >= 0.6 is 63.7 Å². The van der Waals surface area contributed by atoms with Crippen molar-refractivity contribution in [1.82, 2.24) is 0 Å². The highest BCUT2D eigenvalue weighted by Gasteiger charge is 2.05. The summed E-state index contributed by atoms with van der Waals surface area (Å²) < 4.78 is 9.64. The molecule has 2 aromatic carbocycles. The fourth-order valence-corrected chi connectivity index (χ4v) is 3.19. The van der Waals surface area contributed by atoms with Gasteiger partial charge in [0.05, 0.1) is 4.47 Å². The van der Waals surface area contributed by atoms with Crippen molar-refractivity contribution in [3.63, 3.8) is 0 Å². The summed E-state index contributed by atoms with van der Waals surface area (Å²) in [6, 6.07) is 11.6. The average molecular weight is 486 g/mol. The highest BCUT2D eigenvalue weighted by molar-refractivity contribution is 9.11. The van der Waals surface area contributed by atoms with Gasteiger partial charge in [-0.2, -0.15) is 0 Å². The molecule has 0 spiro atoms. The molecule has 0 unspecified atom stereocenters. The van der Waals surface area contributed by atoms with Gasteiger partial charge in [0.15, 0.2) is 0 Å². The maximum absolute atomic E-state index is 5.81. The van der Waals surface area contributed by atoms with Crippen LogP contribution in [0.2, 0.25) is 0 Å². The first kappa shape index (κ1) is 13.6. The summed E-state index contributed by atoms with van der Waals surface area (Å²) in [5, 5.41) is 0. The van der Waals surface area contributed by atoms with Gasteiger partial charge >= 0.3 is 0 Å². The molecule has 5 heteroatoms. The molecule has 0 saturated carbocycles. The second-order valence-electron chi connectivity index (χ2n) is 3.28. The van der Waals surface area contributed by atoms with E-state index in [1.54, 1.807) is 0 Å². The van der Waals surface area contributed by atoms with Gasteiger partial charge in [-0.15, -0.1) is 0 Å². The summed E-state index contributed by atoms with van der Waals surface area (Å²) in [7, 11) is 0. The topological polar surface area (TPSA) is 9.23 Å². The molecule has 0 saturated heterocycles. The first-order chi connectivity index (χ1) is 8.04. The molecule has 0 heterocycles. The molecular weight excluding hydrogens is 480 g/mol. The quantitative estimate of drug-likeness (QED) is 0.470. The predicted molar refractivity (Wildman–Crippen MR) is 83.8 cm³/mol. The molecular formula is C12H6Br4O. The Labute approximate surface area is 133 Å². The van der Waals surface area contributed by atoms with Gasteiger partial charge < -0.3 is 4.74 Å². The molecule has 0 atom stereocenters. The Balaban J connectivity index is 2.34. The summed E-state index contributed by atoms with van der Waals surface area (Å²) in [5.41, 5.74) is 0. The molecule has 0 aliphatic heterocycles. The zero-order chi connectivity index (χ0) is 12.4. The lowest BCUT2D eigenvalue weighted by molar-refractivity contribution is 0.478. The van der Waals surface area contributed by atoms with Crippen LogP contribution in [0, 0.1) is 0 Å².